The Morgan fingerprint density at radius 2 is 1.65 bits per heavy atom. The van der Waals surface area contributed by atoms with E-state index in [1.165, 1.54) is 0 Å². The standard InChI is InChI=1S/C10H17IN2O3Si/c1-4-17(5-2,6-3)16-9-7(11)8(14)12-10(15)13-9/h4-6H2,1-3H3,(H2,12,13,14,15). The summed E-state index contributed by atoms with van der Waals surface area (Å²) in [5.41, 5.74) is -0.910. The second-order valence-corrected chi connectivity index (χ2v) is 9.67. The van der Waals surface area contributed by atoms with Crippen molar-refractivity contribution in [3.05, 3.63) is 24.4 Å². The van der Waals surface area contributed by atoms with E-state index in [-0.39, 0.29) is 0 Å². The summed E-state index contributed by atoms with van der Waals surface area (Å²) in [7, 11) is -1.86. The smallest absolute Gasteiger partial charge is 0.328 e. The van der Waals surface area contributed by atoms with Crippen molar-refractivity contribution in [2.24, 2.45) is 0 Å². The van der Waals surface area contributed by atoms with Crippen LogP contribution in [0.3, 0.4) is 0 Å². The SMILES string of the molecule is CC[Si](CC)(CC)Oc1[nH]c(=O)[nH]c(=O)c1I. The van der Waals surface area contributed by atoms with Crippen LogP contribution < -0.4 is 15.7 Å². The van der Waals surface area contributed by atoms with Crippen LogP contribution in [0.2, 0.25) is 18.1 Å². The lowest BCUT2D eigenvalue weighted by molar-refractivity contribution is 0.501. The van der Waals surface area contributed by atoms with E-state index in [1.807, 2.05) is 22.6 Å². The monoisotopic (exact) mass is 368 g/mol. The summed E-state index contributed by atoms with van der Waals surface area (Å²) in [5, 5.41) is 0. The molecule has 0 saturated carbocycles. The van der Waals surface area contributed by atoms with Gasteiger partial charge in [0.25, 0.3) is 13.9 Å². The zero-order chi connectivity index (χ0) is 13.1. The fraction of sp³-hybridized carbons (Fsp3) is 0.600. The van der Waals surface area contributed by atoms with Gasteiger partial charge in [-0.15, -0.1) is 0 Å². The molecular weight excluding hydrogens is 351 g/mol. The van der Waals surface area contributed by atoms with Crippen LogP contribution in [0.25, 0.3) is 0 Å². The Bertz CT molecular complexity index is 485. The summed E-state index contributed by atoms with van der Waals surface area (Å²) in [6.45, 7) is 6.28. The molecule has 0 fully saturated rings. The summed E-state index contributed by atoms with van der Waals surface area (Å²) >= 11 is 1.89. The van der Waals surface area contributed by atoms with Crippen molar-refractivity contribution >= 4 is 30.9 Å². The number of rotatable bonds is 5. The molecule has 7 heteroatoms. The van der Waals surface area contributed by atoms with Crippen molar-refractivity contribution in [2.75, 3.05) is 0 Å². The summed E-state index contributed by atoms with van der Waals surface area (Å²) in [4.78, 5) is 27.4. The van der Waals surface area contributed by atoms with Crippen LogP contribution in [0.5, 0.6) is 5.88 Å². The van der Waals surface area contributed by atoms with Crippen LogP contribution >= 0.6 is 22.6 Å². The molecule has 0 aromatic carbocycles. The summed E-state index contributed by atoms with van der Waals surface area (Å²) in [5.74, 6) is 0.330. The number of H-pyrrole nitrogens is 2. The van der Waals surface area contributed by atoms with Gasteiger partial charge in [-0.2, -0.15) is 0 Å². The van der Waals surface area contributed by atoms with Crippen molar-refractivity contribution in [1.29, 1.82) is 0 Å². The Hall–Kier alpha value is -0.573. The highest BCUT2D eigenvalue weighted by molar-refractivity contribution is 14.1. The summed E-state index contributed by atoms with van der Waals surface area (Å²) in [6.07, 6.45) is 0. The van der Waals surface area contributed by atoms with Gasteiger partial charge >= 0.3 is 5.69 Å². The maximum absolute atomic E-state index is 11.5. The van der Waals surface area contributed by atoms with E-state index in [2.05, 4.69) is 30.7 Å². The minimum absolute atomic E-state index is 0.330. The third kappa shape index (κ3) is 3.21. The van der Waals surface area contributed by atoms with Gasteiger partial charge in [-0.3, -0.25) is 14.8 Å². The first-order valence-electron chi connectivity index (χ1n) is 5.69. The second kappa shape index (κ2) is 5.85. The minimum Gasteiger partial charge on any atom is -0.531 e. The molecule has 2 N–H and O–H groups in total. The summed E-state index contributed by atoms with van der Waals surface area (Å²) in [6, 6.07) is 2.89. The third-order valence-corrected chi connectivity index (χ3v) is 8.59. The van der Waals surface area contributed by atoms with Gasteiger partial charge < -0.3 is 4.43 Å². The average Bonchev–Trinajstić information content (AvgIpc) is 2.32. The molecule has 0 bridgehead atoms. The van der Waals surface area contributed by atoms with Crippen LogP contribution in [0.4, 0.5) is 0 Å². The lowest BCUT2D eigenvalue weighted by atomic mass is 10.6. The van der Waals surface area contributed by atoms with Crippen LogP contribution in [0.15, 0.2) is 9.59 Å². The molecule has 5 nitrogen and oxygen atoms in total. The Balaban J connectivity index is 3.18. The highest BCUT2D eigenvalue weighted by Crippen LogP contribution is 2.25. The van der Waals surface area contributed by atoms with Gasteiger partial charge in [0.2, 0.25) is 5.88 Å². The molecule has 96 valence electrons. The lowest BCUT2D eigenvalue weighted by Crippen LogP contribution is -2.41. The highest BCUT2D eigenvalue weighted by atomic mass is 127. The normalized spacial score (nSPS) is 11.5. The number of hydrogen-bond acceptors (Lipinski definition) is 3. The molecule has 1 rings (SSSR count). The highest BCUT2D eigenvalue weighted by Gasteiger charge is 2.32. The third-order valence-electron chi connectivity index (χ3n) is 3.10. The van der Waals surface area contributed by atoms with E-state index in [4.69, 9.17) is 4.43 Å². The summed E-state index contributed by atoms with van der Waals surface area (Å²) < 4.78 is 6.41. The molecule has 0 saturated heterocycles. The van der Waals surface area contributed by atoms with Crippen molar-refractivity contribution in [3.8, 4) is 5.88 Å². The Morgan fingerprint density at radius 1 is 1.12 bits per heavy atom. The molecule has 0 amide bonds. The zero-order valence-electron chi connectivity index (χ0n) is 10.2. The predicted molar refractivity (Wildman–Crippen MR) is 78.2 cm³/mol. The van der Waals surface area contributed by atoms with Gasteiger partial charge in [0, 0.05) is 0 Å². The molecule has 1 heterocycles. The minimum atomic E-state index is -1.86. The molecule has 0 aliphatic heterocycles. The van der Waals surface area contributed by atoms with E-state index in [0.717, 1.165) is 18.1 Å². The average molecular weight is 368 g/mol. The quantitative estimate of drug-likeness (QED) is 0.617. The Morgan fingerprint density at radius 3 is 2.12 bits per heavy atom. The van der Waals surface area contributed by atoms with Crippen LogP contribution in [-0.2, 0) is 0 Å². The van der Waals surface area contributed by atoms with Crippen molar-refractivity contribution in [3.63, 3.8) is 0 Å². The maximum Gasteiger partial charge on any atom is 0.328 e. The maximum atomic E-state index is 11.5. The van der Waals surface area contributed by atoms with Gasteiger partial charge in [-0.25, -0.2) is 4.79 Å². The lowest BCUT2D eigenvalue weighted by Gasteiger charge is -2.28. The Kier molecular flexibility index (Phi) is 4.99. The van der Waals surface area contributed by atoms with E-state index in [0.29, 0.717) is 9.45 Å². The van der Waals surface area contributed by atoms with Gasteiger partial charge in [0.05, 0.1) is 0 Å². The first-order valence-corrected chi connectivity index (χ1v) is 9.30. The van der Waals surface area contributed by atoms with Gasteiger partial charge in [-0.05, 0) is 40.7 Å². The van der Waals surface area contributed by atoms with Crippen LogP contribution in [-0.4, -0.2) is 18.3 Å². The Labute approximate surface area is 114 Å². The number of aromatic nitrogens is 2. The van der Waals surface area contributed by atoms with E-state index >= 15 is 0 Å². The molecule has 1 aromatic rings. The largest absolute Gasteiger partial charge is 0.531 e. The predicted octanol–water partition coefficient (Wildman–Crippen LogP) is 2.05. The fourth-order valence-corrected chi connectivity index (χ4v) is 4.81. The van der Waals surface area contributed by atoms with Crippen molar-refractivity contribution in [2.45, 2.75) is 38.9 Å². The molecular formula is C10H17IN2O3Si. The van der Waals surface area contributed by atoms with Gasteiger partial charge in [0.1, 0.15) is 3.57 Å². The van der Waals surface area contributed by atoms with Crippen molar-refractivity contribution in [1.82, 2.24) is 9.97 Å². The van der Waals surface area contributed by atoms with E-state index in [9.17, 15) is 9.59 Å². The van der Waals surface area contributed by atoms with Crippen molar-refractivity contribution < 1.29 is 4.43 Å². The number of hydrogen-bond donors (Lipinski definition) is 2. The topological polar surface area (TPSA) is 75.0 Å². The molecule has 0 unspecified atom stereocenters. The van der Waals surface area contributed by atoms with Crippen LogP contribution in [0.1, 0.15) is 20.8 Å². The van der Waals surface area contributed by atoms with Gasteiger partial charge in [-0.1, -0.05) is 20.8 Å². The number of aromatic amines is 2. The second-order valence-electron chi connectivity index (χ2n) is 3.90. The molecule has 0 aliphatic rings. The number of nitrogens with one attached hydrogen (secondary N) is 2. The molecule has 1 aromatic heterocycles. The zero-order valence-corrected chi connectivity index (χ0v) is 13.4. The molecule has 0 radical (unpaired) electrons. The first-order chi connectivity index (χ1) is 7.98. The van der Waals surface area contributed by atoms with Gasteiger partial charge in [0.15, 0.2) is 0 Å². The number of halogens is 1. The van der Waals surface area contributed by atoms with E-state index < -0.39 is 19.6 Å². The molecule has 17 heavy (non-hydrogen) atoms. The molecule has 0 spiro atoms. The fourth-order valence-electron chi connectivity index (χ4n) is 1.70. The van der Waals surface area contributed by atoms with Crippen LogP contribution in [0, 0.1) is 3.57 Å². The van der Waals surface area contributed by atoms with E-state index in [1.54, 1.807) is 0 Å². The first kappa shape index (κ1) is 14.5. The molecule has 0 aliphatic carbocycles. The molecule has 0 atom stereocenters.